The van der Waals surface area contributed by atoms with Gasteiger partial charge < -0.3 is 14.1 Å². The van der Waals surface area contributed by atoms with Crippen molar-refractivity contribution in [1.82, 2.24) is 25.1 Å². The van der Waals surface area contributed by atoms with Crippen LogP contribution < -0.4 is 4.74 Å². The highest BCUT2D eigenvalue weighted by Gasteiger charge is 2.15. The third kappa shape index (κ3) is 2.86. The molecule has 0 saturated heterocycles. The van der Waals surface area contributed by atoms with E-state index in [2.05, 4.69) is 37.3 Å². The molecule has 150 valence electrons. The standard InChI is InChI=1S/C24H17N5O2/c1-30-17-8-16(11-25-12-17)14-2-3-21-18(9-14)24(29-28-21)22-10-19-20(27-22)4-6-26-23(19)15-5-7-31-13-15/h2-13,27H,1H3,(H,28,29). The quantitative estimate of drug-likeness (QED) is 0.406. The first kappa shape index (κ1) is 17.5. The van der Waals surface area contributed by atoms with Crippen LogP contribution in [0.4, 0.5) is 0 Å². The third-order valence-electron chi connectivity index (χ3n) is 5.44. The Balaban J connectivity index is 1.50. The van der Waals surface area contributed by atoms with Gasteiger partial charge in [-0.25, -0.2) is 0 Å². The Morgan fingerprint density at radius 3 is 2.68 bits per heavy atom. The van der Waals surface area contributed by atoms with E-state index in [9.17, 15) is 0 Å². The number of benzene rings is 1. The van der Waals surface area contributed by atoms with Crippen molar-refractivity contribution < 1.29 is 9.15 Å². The molecule has 0 atom stereocenters. The number of aromatic nitrogens is 5. The molecular weight excluding hydrogens is 390 g/mol. The summed E-state index contributed by atoms with van der Waals surface area (Å²) in [5.41, 5.74) is 7.55. The Bertz CT molecular complexity index is 1530. The number of nitrogens with zero attached hydrogens (tertiary/aromatic N) is 3. The van der Waals surface area contributed by atoms with E-state index in [1.54, 1.807) is 32.0 Å². The predicted molar refractivity (Wildman–Crippen MR) is 119 cm³/mol. The van der Waals surface area contributed by atoms with Gasteiger partial charge in [0.15, 0.2) is 0 Å². The average Bonchev–Trinajstić information content (AvgIpc) is 3.57. The van der Waals surface area contributed by atoms with Crippen LogP contribution in [0.5, 0.6) is 5.75 Å². The van der Waals surface area contributed by atoms with Crippen molar-refractivity contribution in [2.24, 2.45) is 0 Å². The fraction of sp³-hybridized carbons (Fsp3) is 0.0417. The zero-order valence-corrected chi connectivity index (χ0v) is 16.6. The number of fused-ring (bicyclic) bond motifs is 2. The van der Waals surface area contributed by atoms with Gasteiger partial charge >= 0.3 is 0 Å². The van der Waals surface area contributed by atoms with Crippen molar-refractivity contribution in [3.05, 3.63) is 73.6 Å². The maximum Gasteiger partial charge on any atom is 0.137 e. The molecular formula is C24H17N5O2. The van der Waals surface area contributed by atoms with E-state index >= 15 is 0 Å². The number of hydrogen-bond donors (Lipinski definition) is 2. The lowest BCUT2D eigenvalue weighted by atomic mass is 10.0. The number of nitrogens with one attached hydrogen (secondary N) is 2. The lowest BCUT2D eigenvalue weighted by molar-refractivity contribution is 0.413. The van der Waals surface area contributed by atoms with Gasteiger partial charge in [0.05, 0.1) is 42.7 Å². The minimum absolute atomic E-state index is 0.722. The molecule has 6 aromatic rings. The maximum atomic E-state index is 5.32. The van der Waals surface area contributed by atoms with Gasteiger partial charge in [-0.05, 0) is 42.0 Å². The summed E-state index contributed by atoms with van der Waals surface area (Å²) in [6.07, 6.45) is 8.67. The molecule has 7 nitrogen and oxygen atoms in total. The number of aromatic amines is 2. The van der Waals surface area contributed by atoms with Gasteiger partial charge in [-0.2, -0.15) is 5.10 Å². The first-order chi connectivity index (χ1) is 15.3. The molecule has 0 spiro atoms. The fourth-order valence-corrected chi connectivity index (χ4v) is 3.90. The molecule has 0 aliphatic heterocycles. The average molecular weight is 407 g/mol. The van der Waals surface area contributed by atoms with Crippen molar-refractivity contribution in [3.8, 4) is 39.5 Å². The zero-order chi connectivity index (χ0) is 20.8. The van der Waals surface area contributed by atoms with Gasteiger partial charge in [0.25, 0.3) is 0 Å². The zero-order valence-electron chi connectivity index (χ0n) is 16.6. The number of furan rings is 1. The molecule has 0 amide bonds. The van der Waals surface area contributed by atoms with Crippen molar-refractivity contribution in [2.45, 2.75) is 0 Å². The molecule has 0 radical (unpaired) electrons. The Morgan fingerprint density at radius 2 is 1.81 bits per heavy atom. The van der Waals surface area contributed by atoms with E-state index in [0.717, 1.165) is 61.3 Å². The summed E-state index contributed by atoms with van der Waals surface area (Å²) < 4.78 is 10.6. The molecule has 0 bridgehead atoms. The Labute approximate surface area is 176 Å². The van der Waals surface area contributed by atoms with Crippen LogP contribution in [0.1, 0.15) is 0 Å². The molecule has 6 rings (SSSR count). The van der Waals surface area contributed by atoms with Crippen molar-refractivity contribution in [2.75, 3.05) is 7.11 Å². The van der Waals surface area contributed by atoms with Gasteiger partial charge in [0.1, 0.15) is 11.4 Å². The van der Waals surface area contributed by atoms with Crippen LogP contribution in [0, 0.1) is 0 Å². The van der Waals surface area contributed by atoms with E-state index in [4.69, 9.17) is 9.15 Å². The topological polar surface area (TPSA) is 92.6 Å². The van der Waals surface area contributed by atoms with Crippen LogP contribution in [0.15, 0.2) is 78.0 Å². The fourth-order valence-electron chi connectivity index (χ4n) is 3.90. The lowest BCUT2D eigenvalue weighted by Crippen LogP contribution is -1.86. The first-order valence-corrected chi connectivity index (χ1v) is 9.78. The number of methoxy groups -OCH3 is 1. The minimum Gasteiger partial charge on any atom is -0.495 e. The second-order valence-corrected chi connectivity index (χ2v) is 7.26. The van der Waals surface area contributed by atoms with Gasteiger partial charge in [-0.1, -0.05) is 6.07 Å². The summed E-state index contributed by atoms with van der Waals surface area (Å²) in [7, 11) is 1.64. The molecule has 0 fully saturated rings. The second kappa shape index (κ2) is 6.84. The Kier molecular flexibility index (Phi) is 3.86. The smallest absolute Gasteiger partial charge is 0.137 e. The van der Waals surface area contributed by atoms with Crippen molar-refractivity contribution >= 4 is 21.8 Å². The van der Waals surface area contributed by atoms with Crippen LogP contribution in [0.25, 0.3) is 55.6 Å². The highest BCUT2D eigenvalue weighted by molar-refractivity contribution is 6.00. The molecule has 31 heavy (non-hydrogen) atoms. The molecule has 0 saturated carbocycles. The molecule has 1 aromatic carbocycles. The van der Waals surface area contributed by atoms with Crippen molar-refractivity contribution in [1.29, 1.82) is 0 Å². The SMILES string of the molecule is COc1cncc(-c2ccc3[nH]nc(-c4cc5c(-c6ccoc6)nccc5[nH]4)c3c2)c1. The monoisotopic (exact) mass is 407 g/mol. The summed E-state index contributed by atoms with van der Waals surface area (Å²) in [6, 6.07) is 14.1. The van der Waals surface area contributed by atoms with Crippen LogP contribution in [0.3, 0.4) is 0 Å². The number of ether oxygens (including phenoxy) is 1. The molecule has 7 heteroatoms. The van der Waals surface area contributed by atoms with Gasteiger partial charge in [-0.15, -0.1) is 0 Å². The largest absolute Gasteiger partial charge is 0.495 e. The van der Waals surface area contributed by atoms with E-state index < -0.39 is 0 Å². The van der Waals surface area contributed by atoms with E-state index in [1.165, 1.54) is 0 Å². The van der Waals surface area contributed by atoms with E-state index in [1.807, 2.05) is 36.5 Å². The van der Waals surface area contributed by atoms with Gasteiger partial charge in [-0.3, -0.25) is 15.1 Å². The van der Waals surface area contributed by atoms with Crippen LogP contribution in [0.2, 0.25) is 0 Å². The highest BCUT2D eigenvalue weighted by Crippen LogP contribution is 2.34. The van der Waals surface area contributed by atoms with Gasteiger partial charge in [0.2, 0.25) is 0 Å². The van der Waals surface area contributed by atoms with Crippen LogP contribution in [-0.2, 0) is 0 Å². The van der Waals surface area contributed by atoms with Crippen LogP contribution in [-0.4, -0.2) is 32.3 Å². The second-order valence-electron chi connectivity index (χ2n) is 7.26. The Morgan fingerprint density at radius 1 is 0.871 bits per heavy atom. The minimum atomic E-state index is 0.722. The molecule has 5 heterocycles. The summed E-state index contributed by atoms with van der Waals surface area (Å²) in [5.74, 6) is 0.722. The highest BCUT2D eigenvalue weighted by atomic mass is 16.5. The summed E-state index contributed by atoms with van der Waals surface area (Å²) >= 11 is 0. The molecule has 2 N–H and O–H groups in total. The van der Waals surface area contributed by atoms with Crippen LogP contribution >= 0.6 is 0 Å². The summed E-state index contributed by atoms with van der Waals surface area (Å²) in [4.78, 5) is 12.3. The van der Waals surface area contributed by atoms with Crippen molar-refractivity contribution in [3.63, 3.8) is 0 Å². The Hall–Kier alpha value is -4.39. The first-order valence-electron chi connectivity index (χ1n) is 9.78. The van der Waals surface area contributed by atoms with E-state index in [0.29, 0.717) is 0 Å². The predicted octanol–water partition coefficient (Wildman–Crippen LogP) is 5.44. The molecule has 0 unspecified atom stereocenters. The summed E-state index contributed by atoms with van der Waals surface area (Å²) in [5, 5.41) is 9.75. The number of hydrogen-bond acceptors (Lipinski definition) is 5. The number of pyridine rings is 2. The molecule has 5 aromatic heterocycles. The maximum absolute atomic E-state index is 5.32. The summed E-state index contributed by atoms with van der Waals surface area (Å²) in [6.45, 7) is 0. The van der Waals surface area contributed by atoms with E-state index in [-0.39, 0.29) is 0 Å². The molecule has 0 aliphatic carbocycles. The number of H-pyrrole nitrogens is 2. The normalized spacial score (nSPS) is 11.4. The molecule has 0 aliphatic rings. The number of rotatable bonds is 4. The van der Waals surface area contributed by atoms with Gasteiger partial charge in [0, 0.05) is 39.8 Å². The lowest BCUT2D eigenvalue weighted by Gasteiger charge is -2.04. The third-order valence-corrected chi connectivity index (χ3v) is 5.44.